The van der Waals surface area contributed by atoms with E-state index in [1.54, 1.807) is 0 Å². The minimum Gasteiger partial charge on any atom is -0.515 e. The molecule has 2 heteroatoms. The summed E-state index contributed by atoms with van der Waals surface area (Å²) in [7, 11) is 0. The van der Waals surface area contributed by atoms with Crippen LogP contribution in [0.15, 0.2) is 36.1 Å². The number of aliphatic hydroxyl groups is 1. The molecule has 1 saturated carbocycles. The first-order valence-corrected chi connectivity index (χ1v) is 4.58. The molecule has 0 unspecified atom stereocenters. The summed E-state index contributed by atoms with van der Waals surface area (Å²) in [6.07, 6.45) is 9.29. The summed E-state index contributed by atoms with van der Waals surface area (Å²) < 4.78 is 0. The van der Waals surface area contributed by atoms with Gasteiger partial charge in [0.15, 0.2) is 5.78 Å². The lowest BCUT2D eigenvalue weighted by Crippen LogP contribution is -2.12. The van der Waals surface area contributed by atoms with Crippen molar-refractivity contribution < 1.29 is 9.90 Å². The Morgan fingerprint density at radius 3 is 2.54 bits per heavy atom. The van der Waals surface area contributed by atoms with E-state index >= 15 is 0 Å². The largest absolute Gasteiger partial charge is 0.515 e. The molecule has 0 aliphatic heterocycles. The van der Waals surface area contributed by atoms with E-state index in [9.17, 15) is 4.79 Å². The Hall–Kier alpha value is -1.31. The van der Waals surface area contributed by atoms with E-state index in [0.29, 0.717) is 17.4 Å². The summed E-state index contributed by atoms with van der Waals surface area (Å²) in [5.74, 6) is 1.12. The molecule has 66 valence electrons. The van der Waals surface area contributed by atoms with Crippen LogP contribution in [0.5, 0.6) is 0 Å². The third-order valence-electron chi connectivity index (χ3n) is 3.44. The highest BCUT2D eigenvalue weighted by Crippen LogP contribution is 2.52. The Morgan fingerprint density at radius 2 is 1.85 bits per heavy atom. The van der Waals surface area contributed by atoms with Crippen molar-refractivity contribution in [2.45, 2.75) is 0 Å². The van der Waals surface area contributed by atoms with Crippen molar-refractivity contribution in [3.05, 3.63) is 36.1 Å². The molecule has 13 heavy (non-hydrogen) atoms. The summed E-state index contributed by atoms with van der Waals surface area (Å²) in [4.78, 5) is 11.7. The van der Waals surface area contributed by atoms with Crippen LogP contribution in [0.1, 0.15) is 0 Å². The normalized spacial score (nSPS) is 48.0. The van der Waals surface area contributed by atoms with Crippen molar-refractivity contribution in [1.29, 1.82) is 0 Å². The summed E-state index contributed by atoms with van der Waals surface area (Å²) >= 11 is 0. The third-order valence-corrected chi connectivity index (χ3v) is 3.44. The Morgan fingerprint density at radius 1 is 1.15 bits per heavy atom. The number of carbonyl (C=O) groups excluding carboxylic acids is 1. The number of allylic oxidation sites excluding steroid dienone is 5. The fraction of sp³-hybridized carbons (Fsp3) is 0.364. The monoisotopic (exact) mass is 174 g/mol. The standard InChI is InChI=1S/C11H10O2/c12-5-9-7-3-1-6-2-4-8(10(6)7)11(9)13/h1-8,10,12H/b9-5-/t6-,7+,8-,10+/m1/s1. The molecular formula is C11H10O2. The maximum atomic E-state index is 11.7. The van der Waals surface area contributed by atoms with E-state index in [-0.39, 0.29) is 17.6 Å². The van der Waals surface area contributed by atoms with Crippen LogP contribution < -0.4 is 0 Å². The summed E-state index contributed by atoms with van der Waals surface area (Å²) in [6, 6.07) is 0. The van der Waals surface area contributed by atoms with E-state index in [1.807, 2.05) is 6.08 Å². The molecule has 0 saturated heterocycles. The fourth-order valence-corrected chi connectivity index (χ4v) is 2.86. The van der Waals surface area contributed by atoms with Crippen LogP contribution in [0.25, 0.3) is 0 Å². The van der Waals surface area contributed by atoms with Gasteiger partial charge in [-0.25, -0.2) is 0 Å². The average molecular weight is 174 g/mol. The van der Waals surface area contributed by atoms with Gasteiger partial charge in [-0.3, -0.25) is 4.79 Å². The van der Waals surface area contributed by atoms with Crippen LogP contribution in [-0.2, 0) is 4.79 Å². The molecule has 3 rings (SSSR count). The van der Waals surface area contributed by atoms with Gasteiger partial charge in [-0.05, 0) is 11.8 Å². The smallest absolute Gasteiger partial charge is 0.169 e. The second-order valence-electron chi connectivity index (χ2n) is 3.92. The highest BCUT2D eigenvalue weighted by Gasteiger charge is 2.51. The van der Waals surface area contributed by atoms with Crippen LogP contribution in [0.4, 0.5) is 0 Å². The molecule has 1 fully saturated rings. The van der Waals surface area contributed by atoms with E-state index in [2.05, 4.69) is 18.2 Å². The molecule has 0 amide bonds. The van der Waals surface area contributed by atoms with E-state index in [1.165, 1.54) is 0 Å². The number of hydrogen-bond acceptors (Lipinski definition) is 2. The predicted molar refractivity (Wildman–Crippen MR) is 48.0 cm³/mol. The lowest BCUT2D eigenvalue weighted by atomic mass is 9.89. The lowest BCUT2D eigenvalue weighted by molar-refractivity contribution is -0.117. The topological polar surface area (TPSA) is 37.3 Å². The van der Waals surface area contributed by atoms with Crippen LogP contribution in [0.2, 0.25) is 0 Å². The highest BCUT2D eigenvalue weighted by atomic mass is 16.2. The van der Waals surface area contributed by atoms with Crippen molar-refractivity contribution >= 4 is 5.78 Å². The quantitative estimate of drug-likeness (QED) is 0.344. The minimum absolute atomic E-state index is 0.0309. The molecular weight excluding hydrogens is 164 g/mol. The molecule has 3 aliphatic carbocycles. The van der Waals surface area contributed by atoms with Crippen molar-refractivity contribution in [2.24, 2.45) is 23.7 Å². The molecule has 2 nitrogen and oxygen atoms in total. The zero-order valence-electron chi connectivity index (χ0n) is 7.05. The first-order chi connectivity index (χ1) is 6.33. The number of carbonyl (C=O) groups is 1. The lowest BCUT2D eigenvalue weighted by Gasteiger charge is -2.12. The van der Waals surface area contributed by atoms with E-state index < -0.39 is 0 Å². The maximum absolute atomic E-state index is 11.7. The molecule has 3 aliphatic rings. The molecule has 0 aromatic heterocycles. The molecule has 0 spiro atoms. The first-order valence-electron chi connectivity index (χ1n) is 4.58. The van der Waals surface area contributed by atoms with Crippen LogP contribution in [-0.4, -0.2) is 10.9 Å². The number of ketones is 1. The van der Waals surface area contributed by atoms with Gasteiger partial charge in [0.2, 0.25) is 0 Å². The van der Waals surface area contributed by atoms with Gasteiger partial charge < -0.3 is 5.11 Å². The second-order valence-corrected chi connectivity index (χ2v) is 3.92. The van der Waals surface area contributed by atoms with E-state index in [0.717, 1.165) is 6.26 Å². The van der Waals surface area contributed by atoms with Gasteiger partial charge in [-0.1, -0.05) is 24.3 Å². The van der Waals surface area contributed by atoms with Gasteiger partial charge in [0, 0.05) is 17.4 Å². The van der Waals surface area contributed by atoms with Gasteiger partial charge in [0.1, 0.15) is 0 Å². The number of hydrogen-bond donors (Lipinski definition) is 1. The minimum atomic E-state index is 0.0309. The van der Waals surface area contributed by atoms with Crippen molar-refractivity contribution in [2.75, 3.05) is 0 Å². The van der Waals surface area contributed by atoms with Crippen LogP contribution >= 0.6 is 0 Å². The molecule has 0 aromatic rings. The van der Waals surface area contributed by atoms with Crippen molar-refractivity contribution in [3.63, 3.8) is 0 Å². The van der Waals surface area contributed by atoms with Crippen LogP contribution in [0, 0.1) is 23.7 Å². The van der Waals surface area contributed by atoms with E-state index in [4.69, 9.17) is 5.11 Å². The van der Waals surface area contributed by atoms with Gasteiger partial charge in [0.25, 0.3) is 0 Å². The van der Waals surface area contributed by atoms with Gasteiger partial charge in [0.05, 0.1) is 6.26 Å². The highest BCUT2D eigenvalue weighted by molar-refractivity contribution is 6.02. The van der Waals surface area contributed by atoms with Crippen LogP contribution in [0.3, 0.4) is 0 Å². The number of rotatable bonds is 0. The molecule has 1 N–H and O–H groups in total. The summed E-state index contributed by atoms with van der Waals surface area (Å²) in [5, 5.41) is 8.97. The zero-order chi connectivity index (χ0) is 9.00. The molecule has 4 atom stereocenters. The molecule has 0 aromatic carbocycles. The SMILES string of the molecule is O=C1/C(=C\O)[C@@H]2C=C[C@@H]3C=C[C@@H]1[C@@H]32. The van der Waals surface area contributed by atoms with Crippen molar-refractivity contribution in [1.82, 2.24) is 0 Å². The zero-order valence-corrected chi connectivity index (χ0v) is 7.05. The maximum Gasteiger partial charge on any atom is 0.169 e. The Kier molecular flexibility index (Phi) is 1.17. The number of Topliss-reactive ketones (excluding diaryl/α,β-unsaturated/α-hetero) is 1. The predicted octanol–water partition coefficient (Wildman–Crippen LogP) is 1.62. The number of aliphatic hydroxyl groups excluding tert-OH is 1. The Bertz CT molecular complexity index is 362. The second kappa shape index (κ2) is 2.13. The summed E-state index contributed by atoms with van der Waals surface area (Å²) in [5.41, 5.74) is 0.595. The van der Waals surface area contributed by atoms with Crippen molar-refractivity contribution in [3.8, 4) is 0 Å². The van der Waals surface area contributed by atoms with Gasteiger partial charge >= 0.3 is 0 Å². The third kappa shape index (κ3) is 0.671. The molecule has 0 heterocycles. The molecule has 0 bridgehead atoms. The Labute approximate surface area is 76.3 Å². The van der Waals surface area contributed by atoms with Gasteiger partial charge in [-0.2, -0.15) is 0 Å². The molecule has 0 radical (unpaired) electrons. The Balaban J connectivity index is 2.14. The van der Waals surface area contributed by atoms with Gasteiger partial charge in [-0.15, -0.1) is 0 Å². The first kappa shape index (κ1) is 7.13. The summed E-state index contributed by atoms with van der Waals surface area (Å²) in [6.45, 7) is 0. The fourth-order valence-electron chi connectivity index (χ4n) is 2.86. The average Bonchev–Trinajstić information content (AvgIpc) is 2.71.